The Balaban J connectivity index is -0.000000462. The van der Waals surface area contributed by atoms with E-state index in [2.05, 4.69) is 23.0 Å². The summed E-state index contributed by atoms with van der Waals surface area (Å²) in [4.78, 5) is 19.7. The zero-order chi connectivity index (χ0) is 23.1. The molecule has 0 aromatic heterocycles. The standard InChI is InChI=1S/C15H29NO.2C3H7O.CH3NO.Ti/c1-3-5-9-15(10-6-4-2)11-7-8-14(12-15)16-13-17;2*1-3(2)4;2-1-3;/h13-14H,3-12H2,1-2H3,(H,16,17);2*3H,1-2H3;1H,(H2,2,3);/q;2*-1;;+3/p-1. The molecule has 0 bridgehead atoms. The number of unbranched alkanes of at least 4 members (excludes halogenated alkanes) is 2. The first-order chi connectivity index (χ1) is 13.6. The van der Waals surface area contributed by atoms with Crippen molar-refractivity contribution in [3.8, 4) is 0 Å². The minimum absolute atomic E-state index is 0.417. The number of carbonyl (C=O) groups excluding carboxylic acids is 2. The first-order valence-electron chi connectivity index (χ1n) is 11.0. The van der Waals surface area contributed by atoms with Gasteiger partial charge in [0.05, 0.1) is 0 Å². The number of nitrogens with one attached hydrogen (secondary N) is 2. The van der Waals surface area contributed by atoms with Crippen LogP contribution in [0.2, 0.25) is 0 Å². The number of carbonyl (C=O) groups is 2. The fourth-order valence-electron chi connectivity index (χ4n) is 3.37. The topological polar surface area (TPSA) is 104 Å². The van der Waals surface area contributed by atoms with E-state index >= 15 is 0 Å². The average molecular weight is 449 g/mol. The van der Waals surface area contributed by atoms with Crippen LogP contribution >= 0.6 is 0 Å². The molecule has 0 heterocycles. The van der Waals surface area contributed by atoms with Crippen molar-refractivity contribution < 1.29 is 40.5 Å². The first kappa shape index (κ1) is 33.2. The Labute approximate surface area is 191 Å². The summed E-state index contributed by atoms with van der Waals surface area (Å²) in [5.41, 5.74) is 0.533. The minimum atomic E-state index is -0.417. The molecule has 7 heteroatoms. The molecule has 1 atom stereocenters. The maximum absolute atomic E-state index is 10.6. The van der Waals surface area contributed by atoms with Crippen LogP contribution in [0.4, 0.5) is 0 Å². The van der Waals surface area contributed by atoms with Crippen LogP contribution in [0.5, 0.6) is 0 Å². The summed E-state index contributed by atoms with van der Waals surface area (Å²) in [5, 5.41) is 22.1. The second-order valence-corrected chi connectivity index (χ2v) is 8.60. The van der Waals surface area contributed by atoms with E-state index < -0.39 is 12.2 Å². The number of amides is 2. The summed E-state index contributed by atoms with van der Waals surface area (Å²) < 4.78 is 2.25. The molecule has 0 saturated heterocycles. The monoisotopic (exact) mass is 449 g/mol. The molecule has 1 saturated carbocycles. The zero-order valence-corrected chi connectivity index (χ0v) is 21.2. The van der Waals surface area contributed by atoms with Crippen molar-refractivity contribution >= 4 is 12.8 Å². The van der Waals surface area contributed by atoms with E-state index in [1.54, 1.807) is 48.4 Å². The van der Waals surface area contributed by atoms with Crippen LogP contribution in [0.25, 0.3) is 0 Å². The molecule has 0 spiro atoms. The normalized spacial score (nSPS) is 16.9. The fraction of sp³-hybridized carbons (Fsp3) is 0.909. The van der Waals surface area contributed by atoms with E-state index in [1.807, 2.05) is 0 Å². The molecule has 1 unspecified atom stereocenters. The predicted octanol–water partition coefficient (Wildman–Crippen LogP) is 2.75. The van der Waals surface area contributed by atoms with Gasteiger partial charge in [-0.05, 0) is 37.5 Å². The van der Waals surface area contributed by atoms with Gasteiger partial charge in [-0.15, -0.1) is 12.2 Å². The fourth-order valence-corrected chi connectivity index (χ4v) is 3.37. The summed E-state index contributed by atoms with van der Waals surface area (Å²) >= 11 is 1.56. The van der Waals surface area contributed by atoms with Crippen molar-refractivity contribution in [3.05, 3.63) is 0 Å². The van der Waals surface area contributed by atoms with Crippen molar-refractivity contribution in [2.75, 3.05) is 0 Å². The van der Waals surface area contributed by atoms with Crippen molar-refractivity contribution in [2.45, 2.75) is 124 Å². The summed E-state index contributed by atoms with van der Waals surface area (Å²) in [7, 11) is 0. The molecule has 0 aromatic carbocycles. The van der Waals surface area contributed by atoms with Crippen LogP contribution in [0.15, 0.2) is 0 Å². The van der Waals surface area contributed by atoms with Crippen molar-refractivity contribution in [1.29, 1.82) is 0 Å². The number of rotatable bonds is 9. The van der Waals surface area contributed by atoms with Crippen LogP contribution in [0.1, 0.15) is 106 Å². The molecule has 1 fully saturated rings. The van der Waals surface area contributed by atoms with E-state index in [4.69, 9.17) is 4.79 Å². The van der Waals surface area contributed by atoms with Gasteiger partial charge in [-0.3, -0.25) is 4.79 Å². The van der Waals surface area contributed by atoms with Crippen LogP contribution in [-0.4, -0.2) is 31.1 Å². The molecule has 0 aromatic rings. The van der Waals surface area contributed by atoms with E-state index in [0.29, 0.717) is 17.9 Å². The molecule has 0 radical (unpaired) electrons. The summed E-state index contributed by atoms with van der Waals surface area (Å²) in [5.74, 6) is 0. The molecule has 29 heavy (non-hydrogen) atoms. The molecule has 171 valence electrons. The van der Waals surface area contributed by atoms with Gasteiger partial charge < -0.3 is 15.5 Å². The van der Waals surface area contributed by atoms with Crippen molar-refractivity contribution in [2.24, 2.45) is 5.41 Å². The number of hydrogen-bond acceptors (Lipinski definition) is 4. The van der Waals surface area contributed by atoms with Gasteiger partial charge in [0, 0.05) is 6.04 Å². The van der Waals surface area contributed by atoms with Gasteiger partial charge in [-0.1, -0.05) is 73.6 Å². The van der Waals surface area contributed by atoms with Crippen LogP contribution in [0.3, 0.4) is 0 Å². The maximum atomic E-state index is 10.6. The van der Waals surface area contributed by atoms with Gasteiger partial charge in [0.1, 0.15) is 0 Å². The van der Waals surface area contributed by atoms with Gasteiger partial charge >= 0.3 is 35.7 Å². The van der Waals surface area contributed by atoms with E-state index in [1.165, 1.54) is 64.2 Å². The predicted molar refractivity (Wildman–Crippen MR) is 112 cm³/mol. The van der Waals surface area contributed by atoms with E-state index in [-0.39, 0.29) is 0 Å². The Hall–Kier alpha value is -0.426. The SMILES string of the molecule is CC(C)[O-].CC(C)[O-].CCCCC1(CCCC)CCCC(NC=O)C1.O=C[NH][Ti+2]. The summed E-state index contributed by atoms with van der Waals surface area (Å²) in [6, 6.07) is 0.440. The molecule has 1 aliphatic carbocycles. The van der Waals surface area contributed by atoms with Crippen molar-refractivity contribution in [3.63, 3.8) is 0 Å². The molecule has 2 amide bonds. The zero-order valence-electron chi connectivity index (χ0n) is 19.6. The second kappa shape index (κ2) is 23.8. The van der Waals surface area contributed by atoms with Crippen molar-refractivity contribution in [1.82, 2.24) is 9.12 Å². The number of hydrogen-bond donors (Lipinski definition) is 2. The summed E-state index contributed by atoms with van der Waals surface area (Å²) in [6.07, 6.45) is 13.7. The van der Waals surface area contributed by atoms with Crippen LogP contribution in [-0.2, 0) is 30.3 Å². The molecule has 0 aliphatic heterocycles. The third-order valence-corrected chi connectivity index (χ3v) is 4.61. The molecule has 6 nitrogen and oxygen atoms in total. The average Bonchev–Trinajstić information content (AvgIpc) is 2.65. The third-order valence-electron chi connectivity index (χ3n) is 4.42. The van der Waals surface area contributed by atoms with Gasteiger partial charge in [0.15, 0.2) is 0 Å². The Morgan fingerprint density at radius 3 is 1.72 bits per heavy atom. The Kier molecular flexibility index (Phi) is 27.3. The van der Waals surface area contributed by atoms with E-state index in [0.717, 1.165) is 6.41 Å². The Bertz CT molecular complexity index is 336. The quantitative estimate of drug-likeness (QED) is 0.417. The Morgan fingerprint density at radius 2 is 1.41 bits per heavy atom. The van der Waals surface area contributed by atoms with E-state index in [9.17, 15) is 15.0 Å². The molecule has 1 rings (SSSR count). The van der Waals surface area contributed by atoms with Crippen LogP contribution < -0.4 is 19.3 Å². The first-order valence-corrected chi connectivity index (χ1v) is 11.8. The van der Waals surface area contributed by atoms with Gasteiger partial charge in [0.25, 0.3) is 0 Å². The third kappa shape index (κ3) is 27.6. The molecule has 1 aliphatic rings. The van der Waals surface area contributed by atoms with Gasteiger partial charge in [0.2, 0.25) is 6.41 Å². The Morgan fingerprint density at radius 1 is 1.00 bits per heavy atom. The molecular formula is C22H45N2O4Ti. The van der Waals surface area contributed by atoms with Crippen LogP contribution in [0, 0.1) is 5.41 Å². The van der Waals surface area contributed by atoms with Gasteiger partial charge in [-0.2, -0.15) is 0 Å². The molecular weight excluding hydrogens is 404 g/mol. The summed E-state index contributed by atoms with van der Waals surface area (Å²) in [6.45, 7) is 11.0. The molecule has 2 N–H and O–H groups in total. The van der Waals surface area contributed by atoms with Gasteiger partial charge in [-0.25, -0.2) is 0 Å². The second-order valence-electron chi connectivity index (χ2n) is 8.14.